The van der Waals surface area contributed by atoms with Gasteiger partial charge in [0.25, 0.3) is 0 Å². The van der Waals surface area contributed by atoms with Crippen molar-refractivity contribution in [3.63, 3.8) is 0 Å². The summed E-state index contributed by atoms with van der Waals surface area (Å²) in [7, 11) is 0. The Kier molecular flexibility index (Phi) is 5.58. The van der Waals surface area contributed by atoms with E-state index in [9.17, 15) is 9.59 Å². The second-order valence-electron chi connectivity index (χ2n) is 6.57. The van der Waals surface area contributed by atoms with Gasteiger partial charge < -0.3 is 9.26 Å². The molecule has 4 aromatic rings. The van der Waals surface area contributed by atoms with E-state index in [1.54, 1.807) is 28.5 Å². The summed E-state index contributed by atoms with van der Waals surface area (Å²) in [4.78, 5) is 30.2. The number of benzene rings is 2. The van der Waals surface area contributed by atoms with Crippen molar-refractivity contribution in [1.29, 1.82) is 0 Å². The van der Waals surface area contributed by atoms with Crippen LogP contribution in [0, 0.1) is 0 Å². The first-order valence-corrected chi connectivity index (χ1v) is 10.3. The molecule has 0 aliphatic carbocycles. The van der Waals surface area contributed by atoms with Crippen LogP contribution in [0.1, 0.15) is 29.9 Å². The van der Waals surface area contributed by atoms with E-state index in [1.807, 2.05) is 37.3 Å². The fourth-order valence-corrected chi connectivity index (χ4v) is 3.99. The first-order valence-electron chi connectivity index (χ1n) is 9.41. The quantitative estimate of drug-likeness (QED) is 0.420. The second-order valence-corrected chi connectivity index (χ2v) is 7.41. The number of hydrogen-bond donors (Lipinski definition) is 0. The average molecular weight is 421 g/mol. The number of nitrogens with zero attached hydrogens (tertiary/aromatic N) is 3. The molecule has 0 spiro atoms. The van der Waals surface area contributed by atoms with E-state index in [0.29, 0.717) is 34.2 Å². The van der Waals surface area contributed by atoms with Gasteiger partial charge in [-0.2, -0.15) is 0 Å². The molecule has 0 fully saturated rings. The van der Waals surface area contributed by atoms with Gasteiger partial charge in [0, 0.05) is 24.4 Å². The molecule has 0 atom stereocenters. The van der Waals surface area contributed by atoms with Crippen LogP contribution in [0.5, 0.6) is 0 Å². The second kappa shape index (κ2) is 8.46. The fraction of sp³-hybridized carbons (Fsp3) is 0.182. The zero-order chi connectivity index (χ0) is 21.1. The van der Waals surface area contributed by atoms with Crippen molar-refractivity contribution in [2.24, 2.45) is 0 Å². The zero-order valence-corrected chi connectivity index (χ0v) is 17.3. The Morgan fingerprint density at radius 1 is 1.17 bits per heavy atom. The lowest BCUT2D eigenvalue weighted by atomic mass is 10.1. The number of carbonyl (C=O) groups is 2. The van der Waals surface area contributed by atoms with Gasteiger partial charge in [0.05, 0.1) is 16.6 Å². The molecule has 2 aromatic heterocycles. The van der Waals surface area contributed by atoms with Crippen LogP contribution in [-0.4, -0.2) is 28.6 Å². The van der Waals surface area contributed by atoms with Crippen molar-refractivity contribution in [2.45, 2.75) is 20.5 Å². The van der Waals surface area contributed by atoms with Gasteiger partial charge in [-0.1, -0.05) is 35.5 Å². The van der Waals surface area contributed by atoms with Crippen LogP contribution in [0.15, 0.2) is 58.4 Å². The van der Waals surface area contributed by atoms with E-state index in [-0.39, 0.29) is 12.5 Å². The van der Waals surface area contributed by atoms with Gasteiger partial charge in [-0.25, -0.2) is 9.78 Å². The third kappa shape index (κ3) is 3.95. The van der Waals surface area contributed by atoms with Gasteiger partial charge in [-0.3, -0.25) is 9.69 Å². The summed E-state index contributed by atoms with van der Waals surface area (Å²) >= 11 is 1.34. The number of thiazole rings is 1. The van der Waals surface area contributed by atoms with E-state index in [0.717, 1.165) is 10.9 Å². The van der Waals surface area contributed by atoms with Crippen LogP contribution in [0.2, 0.25) is 0 Å². The molecule has 30 heavy (non-hydrogen) atoms. The SMILES string of the molecule is CCN(C(C)=O)c1nc(COC(=O)c2ccc3noc(-c4ccccc4)c3c2)cs1. The highest BCUT2D eigenvalue weighted by molar-refractivity contribution is 7.14. The molecular formula is C22H19N3O4S. The molecule has 0 saturated carbocycles. The molecule has 2 heterocycles. The van der Waals surface area contributed by atoms with Crippen molar-refractivity contribution in [2.75, 3.05) is 11.4 Å². The molecule has 0 bridgehead atoms. The third-order valence-corrected chi connectivity index (χ3v) is 5.48. The standard InChI is InChI=1S/C22H19N3O4S/c1-3-25(14(2)26)22-23-17(13-30-22)12-28-21(27)16-9-10-19-18(11-16)20(29-24-19)15-7-5-4-6-8-15/h4-11,13H,3,12H2,1-2H3. The molecule has 0 unspecified atom stereocenters. The van der Waals surface area contributed by atoms with E-state index in [1.165, 1.54) is 18.3 Å². The summed E-state index contributed by atoms with van der Waals surface area (Å²) in [5.41, 5.74) is 2.54. The van der Waals surface area contributed by atoms with Crippen molar-refractivity contribution in [3.05, 3.63) is 65.2 Å². The van der Waals surface area contributed by atoms with Crippen molar-refractivity contribution < 1.29 is 18.8 Å². The van der Waals surface area contributed by atoms with E-state index in [2.05, 4.69) is 10.1 Å². The lowest BCUT2D eigenvalue weighted by Gasteiger charge is -2.14. The molecule has 0 aliphatic rings. The Bertz CT molecular complexity index is 1200. The highest BCUT2D eigenvalue weighted by atomic mass is 32.1. The summed E-state index contributed by atoms with van der Waals surface area (Å²) in [5, 5.41) is 7.18. The third-order valence-electron chi connectivity index (χ3n) is 4.57. The largest absolute Gasteiger partial charge is 0.456 e. The molecule has 2 aromatic carbocycles. The van der Waals surface area contributed by atoms with Crippen LogP contribution in [-0.2, 0) is 16.1 Å². The van der Waals surface area contributed by atoms with Gasteiger partial charge >= 0.3 is 5.97 Å². The Labute approximate surface area is 176 Å². The topological polar surface area (TPSA) is 85.5 Å². The first kappa shape index (κ1) is 19.8. The molecule has 0 saturated heterocycles. The van der Waals surface area contributed by atoms with Crippen LogP contribution >= 0.6 is 11.3 Å². The number of aromatic nitrogens is 2. The lowest BCUT2D eigenvalue weighted by molar-refractivity contribution is -0.116. The molecule has 0 radical (unpaired) electrons. The maximum Gasteiger partial charge on any atom is 0.338 e. The Morgan fingerprint density at radius 3 is 2.70 bits per heavy atom. The van der Waals surface area contributed by atoms with E-state index < -0.39 is 5.97 Å². The summed E-state index contributed by atoms with van der Waals surface area (Å²) in [6, 6.07) is 14.7. The molecule has 0 aliphatic heterocycles. The Balaban J connectivity index is 1.50. The molecule has 4 rings (SSSR count). The first-order chi connectivity index (χ1) is 14.6. The summed E-state index contributed by atoms with van der Waals surface area (Å²) in [6.07, 6.45) is 0. The highest BCUT2D eigenvalue weighted by Crippen LogP contribution is 2.29. The average Bonchev–Trinajstić information content (AvgIpc) is 3.39. The van der Waals surface area contributed by atoms with Gasteiger partial charge in [0.15, 0.2) is 10.9 Å². The van der Waals surface area contributed by atoms with Crippen LogP contribution < -0.4 is 4.90 Å². The van der Waals surface area contributed by atoms with Crippen LogP contribution in [0.4, 0.5) is 5.13 Å². The number of fused-ring (bicyclic) bond motifs is 1. The van der Waals surface area contributed by atoms with E-state index >= 15 is 0 Å². The van der Waals surface area contributed by atoms with Crippen molar-refractivity contribution in [1.82, 2.24) is 10.1 Å². The van der Waals surface area contributed by atoms with Gasteiger partial charge in [-0.05, 0) is 25.1 Å². The zero-order valence-electron chi connectivity index (χ0n) is 16.5. The molecule has 8 heteroatoms. The molecule has 1 amide bonds. The maximum atomic E-state index is 12.6. The number of hydrogen-bond acceptors (Lipinski definition) is 7. The summed E-state index contributed by atoms with van der Waals surface area (Å²) in [6.45, 7) is 3.94. The number of carbonyl (C=O) groups excluding carboxylic acids is 2. The maximum absolute atomic E-state index is 12.6. The number of esters is 1. The van der Waals surface area contributed by atoms with Gasteiger partial charge in [0.1, 0.15) is 12.1 Å². The van der Waals surface area contributed by atoms with E-state index in [4.69, 9.17) is 9.26 Å². The predicted octanol–water partition coefficient (Wildman–Crippen LogP) is 4.68. The van der Waals surface area contributed by atoms with Gasteiger partial charge in [0.2, 0.25) is 5.91 Å². The van der Waals surface area contributed by atoms with Crippen molar-refractivity contribution in [3.8, 4) is 11.3 Å². The number of amides is 1. The molecule has 0 N–H and O–H groups in total. The predicted molar refractivity (Wildman–Crippen MR) is 114 cm³/mol. The summed E-state index contributed by atoms with van der Waals surface area (Å²) in [5.74, 6) is 0.0606. The highest BCUT2D eigenvalue weighted by Gasteiger charge is 2.17. The fourth-order valence-electron chi connectivity index (χ4n) is 3.07. The number of anilines is 1. The minimum absolute atomic E-state index is 0.0258. The normalized spacial score (nSPS) is 10.9. The molecule has 152 valence electrons. The van der Waals surface area contributed by atoms with Gasteiger partial charge in [-0.15, -0.1) is 11.3 Å². The minimum Gasteiger partial charge on any atom is -0.456 e. The summed E-state index contributed by atoms with van der Waals surface area (Å²) < 4.78 is 10.9. The monoisotopic (exact) mass is 421 g/mol. The number of rotatable bonds is 6. The smallest absolute Gasteiger partial charge is 0.338 e. The van der Waals surface area contributed by atoms with Crippen LogP contribution in [0.3, 0.4) is 0 Å². The molecular weight excluding hydrogens is 402 g/mol. The minimum atomic E-state index is -0.467. The molecule has 7 nitrogen and oxygen atoms in total. The van der Waals surface area contributed by atoms with Crippen molar-refractivity contribution >= 4 is 39.2 Å². The number of ether oxygens (including phenoxy) is 1. The van der Waals surface area contributed by atoms with Crippen LogP contribution in [0.25, 0.3) is 22.2 Å². The Hall–Kier alpha value is -3.52. The Morgan fingerprint density at radius 2 is 1.97 bits per heavy atom. The lowest BCUT2D eigenvalue weighted by Crippen LogP contribution is -2.27.